The fraction of sp³-hybridized carbons (Fsp3) is 0.0714. The summed E-state index contributed by atoms with van der Waals surface area (Å²) in [4.78, 5) is 12.0. The summed E-state index contributed by atoms with van der Waals surface area (Å²) in [5.41, 5.74) is 6.71. The summed E-state index contributed by atoms with van der Waals surface area (Å²) in [6, 6.07) is 9.99. The zero-order valence-electron chi connectivity index (χ0n) is 10.6. The molecule has 7 heteroatoms. The first-order valence-electron chi connectivity index (χ1n) is 5.87. The molecule has 110 valence electrons. The number of carbonyl (C=O) groups is 1. The predicted octanol–water partition coefficient (Wildman–Crippen LogP) is 3.78. The van der Waals surface area contributed by atoms with Gasteiger partial charge in [-0.25, -0.2) is 0 Å². The molecule has 3 N–H and O–H groups in total. The number of carbonyl (C=O) groups excluding carboxylic acids is 1. The average Bonchev–Trinajstić information content (AvgIpc) is 2.43. The van der Waals surface area contributed by atoms with E-state index in [1.807, 2.05) is 0 Å². The van der Waals surface area contributed by atoms with E-state index in [0.29, 0.717) is 16.4 Å². The molecule has 0 aliphatic rings. The summed E-state index contributed by atoms with van der Waals surface area (Å²) in [5.74, 6) is -0.463. The third-order valence-electron chi connectivity index (χ3n) is 2.58. The lowest BCUT2D eigenvalue weighted by atomic mass is 10.2. The van der Waals surface area contributed by atoms with Crippen LogP contribution in [0.25, 0.3) is 0 Å². The Bertz CT molecular complexity index is 648. The van der Waals surface area contributed by atoms with Crippen LogP contribution in [0.3, 0.4) is 0 Å². The van der Waals surface area contributed by atoms with Crippen LogP contribution in [0.2, 0.25) is 5.02 Å². The number of rotatable bonds is 4. The molecule has 1 amide bonds. The molecule has 0 fully saturated rings. The van der Waals surface area contributed by atoms with E-state index in [-0.39, 0.29) is 11.3 Å². The summed E-state index contributed by atoms with van der Waals surface area (Å²) in [6.45, 7) is -2.91. The molecule has 2 aromatic rings. The molecule has 0 saturated carbocycles. The van der Waals surface area contributed by atoms with Crippen molar-refractivity contribution < 1.29 is 18.3 Å². The number of benzene rings is 2. The van der Waals surface area contributed by atoms with E-state index < -0.39 is 12.5 Å². The number of ether oxygens (including phenoxy) is 1. The van der Waals surface area contributed by atoms with Crippen LogP contribution in [0.4, 0.5) is 20.2 Å². The highest BCUT2D eigenvalue weighted by molar-refractivity contribution is 6.34. The zero-order valence-corrected chi connectivity index (χ0v) is 11.4. The third-order valence-corrected chi connectivity index (χ3v) is 2.91. The van der Waals surface area contributed by atoms with E-state index in [2.05, 4.69) is 10.1 Å². The molecule has 0 spiro atoms. The van der Waals surface area contributed by atoms with Gasteiger partial charge in [-0.2, -0.15) is 8.78 Å². The number of nitrogens with one attached hydrogen (secondary N) is 1. The topological polar surface area (TPSA) is 64.3 Å². The Morgan fingerprint density at radius 1 is 1.19 bits per heavy atom. The van der Waals surface area contributed by atoms with Gasteiger partial charge in [0.15, 0.2) is 0 Å². The summed E-state index contributed by atoms with van der Waals surface area (Å²) in [5, 5.41) is 2.93. The number of nitrogens with two attached hydrogens (primary N) is 1. The van der Waals surface area contributed by atoms with Crippen LogP contribution in [-0.4, -0.2) is 12.5 Å². The molecule has 2 aromatic carbocycles. The van der Waals surface area contributed by atoms with Crippen molar-refractivity contribution >= 4 is 28.9 Å². The second-order valence-corrected chi connectivity index (χ2v) is 4.50. The van der Waals surface area contributed by atoms with Crippen molar-refractivity contribution in [2.24, 2.45) is 0 Å². The van der Waals surface area contributed by atoms with Crippen molar-refractivity contribution in [1.82, 2.24) is 0 Å². The monoisotopic (exact) mass is 312 g/mol. The highest BCUT2D eigenvalue weighted by atomic mass is 35.5. The summed E-state index contributed by atoms with van der Waals surface area (Å²) >= 11 is 5.94. The van der Waals surface area contributed by atoms with Crippen LogP contribution in [0.5, 0.6) is 5.75 Å². The van der Waals surface area contributed by atoms with E-state index in [0.717, 1.165) is 0 Å². The molecule has 0 unspecified atom stereocenters. The van der Waals surface area contributed by atoms with Crippen LogP contribution in [0.15, 0.2) is 42.5 Å². The van der Waals surface area contributed by atoms with Gasteiger partial charge in [0.05, 0.1) is 10.7 Å². The second-order valence-electron chi connectivity index (χ2n) is 4.10. The molecule has 0 heterocycles. The summed E-state index contributed by atoms with van der Waals surface area (Å²) in [6.07, 6.45) is 0. The molecule has 0 aromatic heterocycles. The Hall–Kier alpha value is -2.34. The minimum Gasteiger partial charge on any atom is -0.435 e. The van der Waals surface area contributed by atoms with Gasteiger partial charge in [0.25, 0.3) is 5.91 Å². The molecule has 0 bridgehead atoms. The molecule has 0 saturated heterocycles. The Labute approximate surface area is 124 Å². The van der Waals surface area contributed by atoms with Gasteiger partial charge in [-0.1, -0.05) is 11.6 Å². The van der Waals surface area contributed by atoms with Crippen LogP contribution in [0, 0.1) is 0 Å². The standard InChI is InChI=1S/C14H11ClF2N2O2/c15-11-6-3-9(18)7-12(11)19-13(20)8-1-4-10(5-2-8)21-14(16)17/h1-7,14H,18H2,(H,19,20). The maximum Gasteiger partial charge on any atom is 0.387 e. The molecule has 21 heavy (non-hydrogen) atoms. The third kappa shape index (κ3) is 4.06. The zero-order chi connectivity index (χ0) is 15.4. The SMILES string of the molecule is Nc1ccc(Cl)c(NC(=O)c2ccc(OC(F)F)cc2)c1. The number of halogens is 3. The molecule has 0 atom stereocenters. The lowest BCUT2D eigenvalue weighted by Crippen LogP contribution is -2.12. The van der Waals surface area contributed by atoms with Crippen LogP contribution < -0.4 is 15.8 Å². The Balaban J connectivity index is 2.11. The molecule has 0 radical (unpaired) electrons. The van der Waals surface area contributed by atoms with E-state index in [4.69, 9.17) is 17.3 Å². The number of alkyl halides is 2. The van der Waals surface area contributed by atoms with Crippen molar-refractivity contribution in [2.75, 3.05) is 11.1 Å². The quantitative estimate of drug-likeness (QED) is 0.845. The van der Waals surface area contributed by atoms with Crippen molar-refractivity contribution in [3.63, 3.8) is 0 Å². The minimum atomic E-state index is -2.91. The van der Waals surface area contributed by atoms with Gasteiger partial charge in [0, 0.05) is 11.3 Å². The van der Waals surface area contributed by atoms with Crippen molar-refractivity contribution in [3.05, 3.63) is 53.1 Å². The molecular formula is C14H11ClF2N2O2. The maximum absolute atomic E-state index is 12.0. The lowest BCUT2D eigenvalue weighted by molar-refractivity contribution is -0.0498. The fourth-order valence-corrected chi connectivity index (χ4v) is 1.79. The number of hydrogen-bond acceptors (Lipinski definition) is 3. The minimum absolute atomic E-state index is 0.0245. The smallest absolute Gasteiger partial charge is 0.387 e. The van der Waals surface area contributed by atoms with E-state index in [9.17, 15) is 13.6 Å². The van der Waals surface area contributed by atoms with Gasteiger partial charge in [-0.3, -0.25) is 4.79 Å². The largest absolute Gasteiger partial charge is 0.435 e. The van der Waals surface area contributed by atoms with E-state index >= 15 is 0 Å². The number of nitrogen functional groups attached to an aromatic ring is 1. The first-order chi connectivity index (χ1) is 9.95. The molecule has 0 aliphatic heterocycles. The Kier molecular flexibility index (Phi) is 4.59. The maximum atomic E-state index is 12.0. The summed E-state index contributed by atoms with van der Waals surface area (Å²) in [7, 11) is 0. The van der Waals surface area contributed by atoms with Gasteiger partial charge in [-0.05, 0) is 42.5 Å². The normalized spacial score (nSPS) is 10.5. The molecule has 4 nitrogen and oxygen atoms in total. The van der Waals surface area contributed by atoms with Crippen molar-refractivity contribution in [3.8, 4) is 5.75 Å². The van der Waals surface area contributed by atoms with E-state index in [1.165, 1.54) is 30.3 Å². The first kappa shape index (κ1) is 15.1. The van der Waals surface area contributed by atoms with Gasteiger partial charge >= 0.3 is 6.61 Å². The Morgan fingerprint density at radius 2 is 1.86 bits per heavy atom. The second kappa shape index (κ2) is 6.41. The summed E-state index contributed by atoms with van der Waals surface area (Å²) < 4.78 is 28.2. The molecule has 0 aliphatic carbocycles. The molecule has 2 rings (SSSR count). The number of anilines is 2. The van der Waals surface area contributed by atoms with Crippen LogP contribution >= 0.6 is 11.6 Å². The van der Waals surface area contributed by atoms with Gasteiger partial charge < -0.3 is 15.8 Å². The highest BCUT2D eigenvalue weighted by Crippen LogP contribution is 2.25. The first-order valence-corrected chi connectivity index (χ1v) is 6.25. The van der Waals surface area contributed by atoms with Crippen molar-refractivity contribution in [1.29, 1.82) is 0 Å². The Morgan fingerprint density at radius 3 is 2.48 bits per heavy atom. The van der Waals surface area contributed by atoms with Gasteiger partial charge in [-0.15, -0.1) is 0 Å². The van der Waals surface area contributed by atoms with E-state index in [1.54, 1.807) is 12.1 Å². The van der Waals surface area contributed by atoms with Crippen LogP contribution in [-0.2, 0) is 0 Å². The molecular weight excluding hydrogens is 302 g/mol. The highest BCUT2D eigenvalue weighted by Gasteiger charge is 2.10. The number of hydrogen-bond donors (Lipinski definition) is 2. The van der Waals surface area contributed by atoms with Gasteiger partial charge in [0.2, 0.25) is 0 Å². The number of amides is 1. The fourth-order valence-electron chi connectivity index (χ4n) is 1.62. The predicted molar refractivity (Wildman–Crippen MR) is 76.9 cm³/mol. The van der Waals surface area contributed by atoms with Crippen LogP contribution in [0.1, 0.15) is 10.4 Å². The van der Waals surface area contributed by atoms with Gasteiger partial charge in [0.1, 0.15) is 5.75 Å². The average molecular weight is 313 g/mol. The van der Waals surface area contributed by atoms with Crippen molar-refractivity contribution in [2.45, 2.75) is 6.61 Å². The lowest BCUT2D eigenvalue weighted by Gasteiger charge is -2.09.